The summed E-state index contributed by atoms with van der Waals surface area (Å²) in [5.41, 5.74) is 2.29. The van der Waals surface area contributed by atoms with Crippen LogP contribution in [0.4, 0.5) is 11.4 Å². The van der Waals surface area contributed by atoms with E-state index in [-0.39, 0.29) is 17.3 Å². The SMILES string of the molecule is CC(C)c1ccc(NC(=O)CNc2cccc(Br)c2S(C)(=O)=O)cc1. The molecule has 2 rings (SSSR count). The second-order valence-electron chi connectivity index (χ2n) is 6.07. The third-order valence-corrected chi connectivity index (χ3v) is 5.74. The van der Waals surface area contributed by atoms with E-state index in [0.29, 0.717) is 21.8 Å². The number of anilines is 2. The average molecular weight is 425 g/mol. The predicted molar refractivity (Wildman–Crippen MR) is 105 cm³/mol. The van der Waals surface area contributed by atoms with Crippen LogP contribution in [-0.2, 0) is 14.6 Å². The maximum atomic E-state index is 12.1. The van der Waals surface area contributed by atoms with E-state index in [2.05, 4.69) is 40.4 Å². The molecule has 134 valence electrons. The number of carbonyl (C=O) groups is 1. The number of halogens is 1. The Bertz CT molecular complexity index is 862. The minimum atomic E-state index is -3.42. The van der Waals surface area contributed by atoms with E-state index in [0.717, 1.165) is 6.26 Å². The number of sulfone groups is 1. The molecule has 0 unspecified atom stereocenters. The highest BCUT2D eigenvalue weighted by Crippen LogP contribution is 2.29. The summed E-state index contributed by atoms with van der Waals surface area (Å²) in [7, 11) is -3.42. The van der Waals surface area contributed by atoms with Gasteiger partial charge in [-0.3, -0.25) is 4.79 Å². The molecule has 0 saturated carbocycles. The molecule has 0 aliphatic carbocycles. The zero-order valence-electron chi connectivity index (χ0n) is 14.3. The highest BCUT2D eigenvalue weighted by Gasteiger charge is 2.17. The molecule has 0 aliphatic rings. The van der Waals surface area contributed by atoms with Crippen LogP contribution in [0.15, 0.2) is 51.8 Å². The van der Waals surface area contributed by atoms with Crippen molar-refractivity contribution in [1.29, 1.82) is 0 Å². The van der Waals surface area contributed by atoms with Crippen molar-refractivity contribution in [2.45, 2.75) is 24.7 Å². The third-order valence-electron chi connectivity index (χ3n) is 3.64. The summed E-state index contributed by atoms with van der Waals surface area (Å²) in [5.74, 6) is 0.175. The van der Waals surface area contributed by atoms with E-state index in [1.807, 2.05) is 24.3 Å². The van der Waals surface area contributed by atoms with E-state index in [9.17, 15) is 13.2 Å². The van der Waals surface area contributed by atoms with Crippen LogP contribution in [0.25, 0.3) is 0 Å². The topological polar surface area (TPSA) is 75.3 Å². The van der Waals surface area contributed by atoms with Gasteiger partial charge in [0.25, 0.3) is 0 Å². The van der Waals surface area contributed by atoms with Crippen LogP contribution in [0.2, 0.25) is 0 Å². The fraction of sp³-hybridized carbons (Fsp3) is 0.278. The van der Waals surface area contributed by atoms with Gasteiger partial charge in [0.2, 0.25) is 5.91 Å². The lowest BCUT2D eigenvalue weighted by atomic mass is 10.0. The first-order valence-corrected chi connectivity index (χ1v) is 10.5. The van der Waals surface area contributed by atoms with Gasteiger partial charge in [0.15, 0.2) is 9.84 Å². The Labute approximate surface area is 156 Å². The molecule has 2 aromatic rings. The van der Waals surface area contributed by atoms with Crippen LogP contribution in [0.5, 0.6) is 0 Å². The molecule has 0 spiro atoms. The molecule has 7 heteroatoms. The molecule has 0 heterocycles. The van der Waals surface area contributed by atoms with Gasteiger partial charge in [-0.1, -0.05) is 32.0 Å². The molecular weight excluding hydrogens is 404 g/mol. The van der Waals surface area contributed by atoms with Crippen LogP contribution in [0.3, 0.4) is 0 Å². The highest BCUT2D eigenvalue weighted by molar-refractivity contribution is 9.10. The van der Waals surface area contributed by atoms with Crippen molar-refractivity contribution in [2.75, 3.05) is 23.4 Å². The summed E-state index contributed by atoms with van der Waals surface area (Å²) in [6.45, 7) is 4.18. The Morgan fingerprint density at radius 2 is 1.76 bits per heavy atom. The standard InChI is InChI=1S/C18H21BrN2O3S/c1-12(2)13-7-9-14(10-8-13)21-17(22)11-20-16-6-4-5-15(19)18(16)25(3,23)24/h4-10,12,20H,11H2,1-3H3,(H,21,22). The molecule has 0 bridgehead atoms. The van der Waals surface area contributed by atoms with Crippen molar-refractivity contribution in [3.63, 3.8) is 0 Å². The van der Waals surface area contributed by atoms with Gasteiger partial charge >= 0.3 is 0 Å². The number of benzene rings is 2. The minimum Gasteiger partial charge on any atom is -0.375 e. The summed E-state index contributed by atoms with van der Waals surface area (Å²) in [5, 5.41) is 5.68. The largest absolute Gasteiger partial charge is 0.375 e. The lowest BCUT2D eigenvalue weighted by Crippen LogP contribution is -2.22. The molecule has 0 atom stereocenters. The van der Waals surface area contributed by atoms with Crippen molar-refractivity contribution >= 4 is 43.0 Å². The van der Waals surface area contributed by atoms with Gasteiger partial charge < -0.3 is 10.6 Å². The van der Waals surface area contributed by atoms with Crippen molar-refractivity contribution in [1.82, 2.24) is 0 Å². The van der Waals surface area contributed by atoms with Gasteiger partial charge in [-0.15, -0.1) is 0 Å². The Morgan fingerprint density at radius 1 is 1.12 bits per heavy atom. The highest BCUT2D eigenvalue weighted by atomic mass is 79.9. The zero-order chi connectivity index (χ0) is 18.6. The molecule has 0 aliphatic heterocycles. The zero-order valence-corrected chi connectivity index (χ0v) is 16.7. The quantitative estimate of drug-likeness (QED) is 0.733. The fourth-order valence-corrected chi connectivity index (χ4v) is 4.57. The van der Waals surface area contributed by atoms with Crippen molar-refractivity contribution in [3.8, 4) is 0 Å². The third kappa shape index (κ3) is 5.31. The van der Waals surface area contributed by atoms with Crippen molar-refractivity contribution in [2.24, 2.45) is 0 Å². The number of nitrogens with one attached hydrogen (secondary N) is 2. The van der Waals surface area contributed by atoms with Gasteiger partial charge in [-0.2, -0.15) is 0 Å². The van der Waals surface area contributed by atoms with E-state index in [1.54, 1.807) is 18.2 Å². The van der Waals surface area contributed by atoms with E-state index < -0.39 is 9.84 Å². The molecule has 2 aromatic carbocycles. The van der Waals surface area contributed by atoms with Gasteiger partial charge in [0.05, 0.1) is 12.2 Å². The average Bonchev–Trinajstić information content (AvgIpc) is 2.52. The predicted octanol–water partition coefficient (Wildman–Crippen LogP) is 4.03. The van der Waals surface area contributed by atoms with Gasteiger partial charge in [0.1, 0.15) is 4.90 Å². The van der Waals surface area contributed by atoms with Gasteiger partial charge in [0, 0.05) is 16.4 Å². The summed E-state index contributed by atoms with van der Waals surface area (Å²) in [6, 6.07) is 12.7. The van der Waals surface area contributed by atoms with E-state index >= 15 is 0 Å². The first kappa shape index (κ1) is 19.5. The first-order chi connectivity index (χ1) is 11.7. The van der Waals surface area contributed by atoms with Crippen LogP contribution in [0, 0.1) is 0 Å². The van der Waals surface area contributed by atoms with E-state index in [4.69, 9.17) is 0 Å². The Hall–Kier alpha value is -1.86. The van der Waals surface area contributed by atoms with Crippen LogP contribution >= 0.6 is 15.9 Å². The lowest BCUT2D eigenvalue weighted by molar-refractivity contribution is -0.114. The minimum absolute atomic E-state index is 0.0368. The lowest BCUT2D eigenvalue weighted by Gasteiger charge is -2.13. The second kappa shape index (κ2) is 8.01. The Kier molecular flexibility index (Phi) is 6.24. The monoisotopic (exact) mass is 424 g/mol. The molecule has 1 amide bonds. The normalized spacial score (nSPS) is 11.4. The number of rotatable bonds is 6. The summed E-state index contributed by atoms with van der Waals surface area (Å²) >= 11 is 3.24. The number of carbonyl (C=O) groups excluding carboxylic acids is 1. The molecule has 0 radical (unpaired) electrons. The number of hydrogen-bond donors (Lipinski definition) is 2. The smallest absolute Gasteiger partial charge is 0.243 e. The Morgan fingerprint density at radius 3 is 2.32 bits per heavy atom. The van der Waals surface area contributed by atoms with E-state index in [1.165, 1.54) is 5.56 Å². The molecular formula is C18H21BrN2O3S. The molecule has 25 heavy (non-hydrogen) atoms. The fourth-order valence-electron chi connectivity index (χ4n) is 2.36. The van der Waals surface area contributed by atoms with Gasteiger partial charge in [-0.05, 0) is 51.7 Å². The summed E-state index contributed by atoms with van der Waals surface area (Å²) < 4.78 is 24.3. The van der Waals surface area contributed by atoms with Crippen molar-refractivity contribution in [3.05, 3.63) is 52.5 Å². The number of hydrogen-bond acceptors (Lipinski definition) is 4. The summed E-state index contributed by atoms with van der Waals surface area (Å²) in [6.07, 6.45) is 1.13. The van der Waals surface area contributed by atoms with Gasteiger partial charge in [-0.25, -0.2) is 8.42 Å². The maximum Gasteiger partial charge on any atom is 0.243 e. The van der Waals surface area contributed by atoms with Crippen LogP contribution in [-0.4, -0.2) is 27.1 Å². The second-order valence-corrected chi connectivity index (χ2v) is 8.87. The molecule has 0 fully saturated rings. The molecule has 5 nitrogen and oxygen atoms in total. The summed E-state index contributed by atoms with van der Waals surface area (Å²) in [4.78, 5) is 12.3. The molecule has 0 aromatic heterocycles. The molecule has 2 N–H and O–H groups in total. The van der Waals surface area contributed by atoms with Crippen LogP contribution < -0.4 is 10.6 Å². The number of amides is 1. The Balaban J connectivity index is 2.05. The molecule has 0 saturated heterocycles. The first-order valence-electron chi connectivity index (χ1n) is 7.80. The van der Waals surface area contributed by atoms with Crippen molar-refractivity contribution < 1.29 is 13.2 Å². The maximum absolute atomic E-state index is 12.1. The van der Waals surface area contributed by atoms with Crippen LogP contribution in [0.1, 0.15) is 25.3 Å².